The van der Waals surface area contributed by atoms with E-state index in [-0.39, 0.29) is 0 Å². The van der Waals surface area contributed by atoms with E-state index in [4.69, 9.17) is 0 Å². The molecule has 0 aromatic carbocycles. The van der Waals surface area contributed by atoms with Gasteiger partial charge in [0.15, 0.2) is 0 Å². The van der Waals surface area contributed by atoms with Gasteiger partial charge < -0.3 is 5.32 Å². The number of rotatable bonds is 4. The predicted octanol–water partition coefficient (Wildman–Crippen LogP) is 2.10. The van der Waals surface area contributed by atoms with Crippen LogP contribution in [0.1, 0.15) is 18.9 Å². The molecule has 0 saturated heterocycles. The molecule has 16 heavy (non-hydrogen) atoms. The van der Waals surface area contributed by atoms with Gasteiger partial charge in [-0.1, -0.05) is 13.8 Å². The first kappa shape index (κ1) is 11.2. The Balaban J connectivity index is 2.08. The van der Waals surface area contributed by atoms with Gasteiger partial charge in [-0.05, 0) is 0 Å². The van der Waals surface area contributed by atoms with Gasteiger partial charge in [0, 0.05) is 30.4 Å². The number of nitrogens with one attached hydrogen (secondary N) is 1. The van der Waals surface area contributed by atoms with Crippen molar-refractivity contribution in [1.29, 1.82) is 0 Å². The number of hydrogen-bond acceptors (Lipinski definition) is 5. The van der Waals surface area contributed by atoms with Crippen molar-refractivity contribution in [3.63, 3.8) is 0 Å². The summed E-state index contributed by atoms with van der Waals surface area (Å²) in [7, 11) is 0. The standard InChI is InChI=1S/C11H14N4S/c1-8(2)14-6-11-15-10(7-16-11)9-5-12-3-4-13-9/h3-5,7-8,14H,6H2,1-2H3. The van der Waals surface area contributed by atoms with E-state index in [0.29, 0.717) is 6.04 Å². The van der Waals surface area contributed by atoms with Crippen molar-refractivity contribution in [3.8, 4) is 11.4 Å². The fourth-order valence-corrected chi connectivity index (χ4v) is 1.97. The minimum Gasteiger partial charge on any atom is -0.308 e. The van der Waals surface area contributed by atoms with Crippen LogP contribution >= 0.6 is 11.3 Å². The van der Waals surface area contributed by atoms with Crippen LogP contribution in [0.25, 0.3) is 11.4 Å². The Hall–Kier alpha value is -1.33. The van der Waals surface area contributed by atoms with E-state index in [0.717, 1.165) is 22.9 Å². The van der Waals surface area contributed by atoms with Gasteiger partial charge in [-0.25, -0.2) is 4.98 Å². The third-order valence-electron chi connectivity index (χ3n) is 2.04. The molecule has 2 aromatic rings. The molecule has 1 N–H and O–H groups in total. The lowest BCUT2D eigenvalue weighted by molar-refractivity contribution is 0.587. The molecule has 0 spiro atoms. The quantitative estimate of drug-likeness (QED) is 0.880. The Morgan fingerprint density at radius 1 is 1.31 bits per heavy atom. The first-order chi connectivity index (χ1) is 7.75. The highest BCUT2D eigenvalue weighted by molar-refractivity contribution is 7.09. The van der Waals surface area contributed by atoms with Gasteiger partial charge in [0.25, 0.3) is 0 Å². The van der Waals surface area contributed by atoms with Crippen LogP contribution in [-0.2, 0) is 6.54 Å². The molecule has 0 aliphatic heterocycles. The van der Waals surface area contributed by atoms with Gasteiger partial charge in [-0.15, -0.1) is 11.3 Å². The third kappa shape index (κ3) is 2.84. The van der Waals surface area contributed by atoms with Gasteiger partial charge in [0.1, 0.15) is 16.4 Å². The second kappa shape index (κ2) is 5.14. The van der Waals surface area contributed by atoms with Crippen molar-refractivity contribution < 1.29 is 0 Å². The summed E-state index contributed by atoms with van der Waals surface area (Å²) in [4.78, 5) is 12.8. The smallest absolute Gasteiger partial charge is 0.108 e. The summed E-state index contributed by atoms with van der Waals surface area (Å²) in [5.74, 6) is 0. The normalized spacial score (nSPS) is 10.9. The van der Waals surface area contributed by atoms with Crippen LogP contribution in [0.15, 0.2) is 24.0 Å². The zero-order chi connectivity index (χ0) is 11.4. The molecule has 5 heteroatoms. The minimum absolute atomic E-state index is 0.476. The monoisotopic (exact) mass is 234 g/mol. The molecule has 0 aliphatic rings. The summed E-state index contributed by atoms with van der Waals surface area (Å²) in [6.07, 6.45) is 5.08. The Kier molecular flexibility index (Phi) is 3.58. The molecule has 0 amide bonds. The van der Waals surface area contributed by atoms with Crippen LogP contribution < -0.4 is 5.32 Å². The summed E-state index contributed by atoms with van der Waals surface area (Å²) in [6, 6.07) is 0.476. The average molecular weight is 234 g/mol. The Labute approximate surface area is 98.8 Å². The molecule has 0 bridgehead atoms. The summed E-state index contributed by atoms with van der Waals surface area (Å²) >= 11 is 1.64. The van der Waals surface area contributed by atoms with Gasteiger partial charge in [-0.2, -0.15) is 0 Å². The van der Waals surface area contributed by atoms with Crippen LogP contribution in [0.4, 0.5) is 0 Å². The first-order valence-corrected chi connectivity index (χ1v) is 6.08. The van der Waals surface area contributed by atoms with E-state index in [1.54, 1.807) is 29.9 Å². The van der Waals surface area contributed by atoms with Crippen molar-refractivity contribution >= 4 is 11.3 Å². The fourth-order valence-electron chi connectivity index (χ4n) is 1.23. The molecule has 0 fully saturated rings. The van der Waals surface area contributed by atoms with Crippen molar-refractivity contribution in [2.24, 2.45) is 0 Å². The lowest BCUT2D eigenvalue weighted by Crippen LogP contribution is -2.21. The van der Waals surface area contributed by atoms with Crippen molar-refractivity contribution in [3.05, 3.63) is 29.0 Å². The van der Waals surface area contributed by atoms with Gasteiger partial charge in [0.2, 0.25) is 0 Å². The molecule has 0 atom stereocenters. The molecule has 0 radical (unpaired) electrons. The zero-order valence-corrected chi connectivity index (χ0v) is 10.2. The maximum absolute atomic E-state index is 4.51. The molecule has 0 unspecified atom stereocenters. The van der Waals surface area contributed by atoms with Crippen molar-refractivity contribution in [2.45, 2.75) is 26.4 Å². The lowest BCUT2D eigenvalue weighted by Gasteiger charge is -2.04. The summed E-state index contributed by atoms with van der Waals surface area (Å²) < 4.78 is 0. The topological polar surface area (TPSA) is 50.7 Å². The Morgan fingerprint density at radius 2 is 2.19 bits per heavy atom. The van der Waals surface area contributed by atoms with Crippen LogP contribution in [-0.4, -0.2) is 21.0 Å². The lowest BCUT2D eigenvalue weighted by atomic mass is 10.3. The van der Waals surface area contributed by atoms with Crippen LogP contribution in [0.3, 0.4) is 0 Å². The maximum Gasteiger partial charge on any atom is 0.108 e. The second-order valence-corrected chi connectivity index (χ2v) is 4.70. The predicted molar refractivity (Wildman–Crippen MR) is 65.1 cm³/mol. The van der Waals surface area contributed by atoms with Gasteiger partial charge >= 0.3 is 0 Å². The van der Waals surface area contributed by atoms with E-state index in [9.17, 15) is 0 Å². The van der Waals surface area contributed by atoms with Crippen LogP contribution in [0.5, 0.6) is 0 Å². The highest BCUT2D eigenvalue weighted by Crippen LogP contribution is 2.18. The molecule has 0 aliphatic carbocycles. The summed E-state index contributed by atoms with van der Waals surface area (Å²) in [5.41, 5.74) is 1.73. The fraction of sp³-hybridized carbons (Fsp3) is 0.364. The minimum atomic E-state index is 0.476. The summed E-state index contributed by atoms with van der Waals surface area (Å²) in [6.45, 7) is 5.05. The van der Waals surface area contributed by atoms with Gasteiger partial charge in [-0.3, -0.25) is 9.97 Å². The van der Waals surface area contributed by atoms with Crippen LogP contribution in [0, 0.1) is 0 Å². The highest BCUT2D eigenvalue weighted by Gasteiger charge is 2.05. The van der Waals surface area contributed by atoms with Gasteiger partial charge in [0.05, 0.1) is 6.20 Å². The molecule has 2 rings (SSSR count). The molecular weight excluding hydrogens is 220 g/mol. The van der Waals surface area contributed by atoms with E-state index in [1.807, 2.05) is 5.38 Å². The van der Waals surface area contributed by atoms with E-state index >= 15 is 0 Å². The zero-order valence-electron chi connectivity index (χ0n) is 9.34. The SMILES string of the molecule is CC(C)NCc1nc(-c2cnccn2)cs1. The first-order valence-electron chi connectivity index (χ1n) is 5.20. The number of thiazole rings is 1. The average Bonchev–Trinajstić information content (AvgIpc) is 2.76. The van der Waals surface area contributed by atoms with Crippen LogP contribution in [0.2, 0.25) is 0 Å². The highest BCUT2D eigenvalue weighted by atomic mass is 32.1. The Morgan fingerprint density at radius 3 is 2.88 bits per heavy atom. The molecule has 2 aromatic heterocycles. The van der Waals surface area contributed by atoms with E-state index in [1.165, 1.54) is 0 Å². The number of hydrogen-bond donors (Lipinski definition) is 1. The van der Waals surface area contributed by atoms with Crippen molar-refractivity contribution in [1.82, 2.24) is 20.3 Å². The summed E-state index contributed by atoms with van der Waals surface area (Å²) in [5, 5.41) is 6.43. The maximum atomic E-state index is 4.51. The third-order valence-corrected chi connectivity index (χ3v) is 2.89. The second-order valence-electron chi connectivity index (χ2n) is 3.75. The van der Waals surface area contributed by atoms with Crippen molar-refractivity contribution in [2.75, 3.05) is 0 Å². The molecule has 84 valence electrons. The molecule has 2 heterocycles. The molecule has 4 nitrogen and oxygen atoms in total. The number of nitrogens with zero attached hydrogens (tertiary/aromatic N) is 3. The largest absolute Gasteiger partial charge is 0.308 e. The van der Waals surface area contributed by atoms with E-state index < -0.39 is 0 Å². The number of aromatic nitrogens is 3. The molecular formula is C11H14N4S. The van der Waals surface area contributed by atoms with E-state index in [2.05, 4.69) is 34.1 Å². The molecule has 0 saturated carbocycles. The Bertz CT molecular complexity index is 438.